The van der Waals surface area contributed by atoms with Crippen LogP contribution >= 0.6 is 0 Å². The Labute approximate surface area is 268 Å². The number of nitrogens with two attached hydrogens (primary N) is 2. The molecule has 1 aliphatic rings. The average molecular weight is 661 g/mol. The number of benzene rings is 2. The second-order valence-electron chi connectivity index (χ2n) is 11.7. The molecule has 0 aromatic heterocycles. The predicted molar refractivity (Wildman–Crippen MR) is 170 cm³/mol. The van der Waals surface area contributed by atoms with Crippen LogP contribution in [-0.4, -0.2) is 61.8 Å². The Bertz CT molecular complexity index is 1600. The van der Waals surface area contributed by atoms with E-state index in [-0.39, 0.29) is 42.9 Å². The van der Waals surface area contributed by atoms with E-state index in [4.69, 9.17) is 10.9 Å². The lowest BCUT2D eigenvalue weighted by Gasteiger charge is -2.42. The molecule has 0 heterocycles. The SMILES string of the molecule is CCCN(CCC)C(=O)C1=CC(S(N)(=O)=O)=CC(C(N)=O)([C@H](Cc2cc(F)cc(F)c2)[C@@H](O)CNCc2cccc(C(C)=O)c2)C1. The molecule has 3 atom stereocenters. The highest BCUT2D eigenvalue weighted by Crippen LogP contribution is 2.45. The highest BCUT2D eigenvalue weighted by Gasteiger charge is 2.50. The summed E-state index contributed by atoms with van der Waals surface area (Å²) in [6.07, 6.45) is 1.24. The van der Waals surface area contributed by atoms with Crippen molar-refractivity contribution in [2.45, 2.75) is 59.1 Å². The van der Waals surface area contributed by atoms with Crippen LogP contribution in [-0.2, 0) is 32.6 Å². The van der Waals surface area contributed by atoms with Gasteiger partial charge in [0.2, 0.25) is 21.8 Å². The van der Waals surface area contributed by atoms with Crippen molar-refractivity contribution < 1.29 is 36.7 Å². The van der Waals surface area contributed by atoms with E-state index in [0.29, 0.717) is 37.6 Å². The van der Waals surface area contributed by atoms with Crippen LogP contribution in [0.3, 0.4) is 0 Å². The van der Waals surface area contributed by atoms with Gasteiger partial charge >= 0.3 is 0 Å². The zero-order valence-corrected chi connectivity index (χ0v) is 27.1. The summed E-state index contributed by atoms with van der Waals surface area (Å²) in [6, 6.07) is 9.58. The third kappa shape index (κ3) is 9.15. The van der Waals surface area contributed by atoms with Crippen LogP contribution in [0.4, 0.5) is 8.78 Å². The molecule has 0 saturated carbocycles. The molecule has 0 radical (unpaired) electrons. The summed E-state index contributed by atoms with van der Waals surface area (Å²) in [5, 5.41) is 20.2. The normalized spacial score (nSPS) is 17.9. The molecule has 0 bridgehead atoms. The maximum absolute atomic E-state index is 14.3. The number of halogens is 2. The summed E-state index contributed by atoms with van der Waals surface area (Å²) in [5.74, 6) is -4.76. The number of nitrogens with zero attached hydrogens (tertiary/aromatic N) is 1. The number of carbonyl (C=O) groups excluding carboxylic acids is 3. The van der Waals surface area contributed by atoms with E-state index in [1.54, 1.807) is 24.3 Å². The van der Waals surface area contributed by atoms with E-state index in [9.17, 15) is 36.7 Å². The van der Waals surface area contributed by atoms with Crippen molar-refractivity contribution in [1.82, 2.24) is 10.2 Å². The van der Waals surface area contributed by atoms with Crippen LogP contribution in [0, 0.1) is 23.0 Å². The lowest BCUT2D eigenvalue weighted by atomic mass is 9.64. The molecule has 2 aromatic carbocycles. The largest absolute Gasteiger partial charge is 0.391 e. The second kappa shape index (κ2) is 15.7. The number of ketones is 1. The van der Waals surface area contributed by atoms with Gasteiger partial charge in [-0.1, -0.05) is 32.0 Å². The van der Waals surface area contributed by atoms with Gasteiger partial charge in [-0.25, -0.2) is 22.3 Å². The molecule has 0 aliphatic heterocycles. The maximum atomic E-state index is 14.3. The molecular formula is C33H42F2N4O6S. The van der Waals surface area contributed by atoms with Gasteiger partial charge in [0.15, 0.2) is 5.78 Å². The van der Waals surface area contributed by atoms with E-state index in [0.717, 1.165) is 29.8 Å². The third-order valence-corrected chi connectivity index (χ3v) is 8.95. The number of aliphatic hydroxyl groups is 1. The number of hydrogen-bond donors (Lipinski definition) is 4. The number of aliphatic hydroxyl groups excluding tert-OH is 1. The first-order valence-corrected chi connectivity index (χ1v) is 16.6. The minimum Gasteiger partial charge on any atom is -0.391 e. The number of sulfonamides is 1. The molecule has 46 heavy (non-hydrogen) atoms. The summed E-state index contributed by atoms with van der Waals surface area (Å²) in [4.78, 5) is 40.0. The fourth-order valence-corrected chi connectivity index (χ4v) is 6.56. The Balaban J connectivity index is 2.10. The van der Waals surface area contributed by atoms with Crippen molar-refractivity contribution in [1.29, 1.82) is 0 Å². The lowest BCUT2D eigenvalue weighted by Crippen LogP contribution is -2.52. The standard InChI is InChI=1S/C33H42F2N4O6S/c1-4-9-39(10-5-2)31(42)25-15-28(46(37,44)45)18-33(17-25,32(36)43)29(14-23-12-26(34)16-27(35)13-23)30(41)20-38-19-22-7-6-8-24(11-22)21(3)40/h6-8,11-13,15-16,18,29-30,38,41H,4-5,9-10,14,17,19-20H2,1-3H3,(H2,36,43)(H2,37,44,45)/t29-,30+,33?/m1/s1. The van der Waals surface area contributed by atoms with E-state index < -0.39 is 55.8 Å². The number of hydrogen-bond acceptors (Lipinski definition) is 7. The van der Waals surface area contributed by atoms with Gasteiger partial charge in [0, 0.05) is 49.3 Å². The van der Waals surface area contributed by atoms with E-state index in [2.05, 4.69) is 5.32 Å². The number of allylic oxidation sites excluding steroid dienone is 1. The molecule has 3 rings (SSSR count). The number of amides is 2. The number of Topliss-reactive ketones (excluding diaryl/α,β-unsaturated/α-hetero) is 1. The Hall–Kier alpha value is -3.78. The molecular weight excluding hydrogens is 618 g/mol. The average Bonchev–Trinajstić information content (AvgIpc) is 2.98. The van der Waals surface area contributed by atoms with Crippen molar-refractivity contribution in [3.63, 3.8) is 0 Å². The van der Waals surface area contributed by atoms with Gasteiger partial charge in [-0.15, -0.1) is 0 Å². The van der Waals surface area contributed by atoms with Crippen LogP contribution in [0.25, 0.3) is 0 Å². The fourth-order valence-electron chi connectivity index (χ4n) is 5.87. The van der Waals surface area contributed by atoms with Gasteiger partial charge in [-0.2, -0.15) is 0 Å². The quantitative estimate of drug-likeness (QED) is 0.200. The molecule has 1 unspecified atom stereocenters. The lowest BCUT2D eigenvalue weighted by molar-refractivity contribution is -0.132. The third-order valence-electron chi connectivity index (χ3n) is 8.06. The number of rotatable bonds is 16. The van der Waals surface area contributed by atoms with Crippen LogP contribution in [0.15, 0.2) is 65.1 Å². The summed E-state index contributed by atoms with van der Waals surface area (Å²) in [6.45, 7) is 5.95. The molecule has 250 valence electrons. The van der Waals surface area contributed by atoms with Crippen molar-refractivity contribution in [3.05, 3.63) is 93.4 Å². The smallest absolute Gasteiger partial charge is 0.249 e. The topological polar surface area (TPSA) is 173 Å². The van der Waals surface area contributed by atoms with Gasteiger partial charge in [0.05, 0.1) is 16.4 Å². The first-order chi connectivity index (χ1) is 21.6. The monoisotopic (exact) mass is 660 g/mol. The first kappa shape index (κ1) is 36.7. The van der Waals surface area contributed by atoms with Crippen LogP contribution in [0.5, 0.6) is 0 Å². The zero-order valence-electron chi connectivity index (χ0n) is 26.3. The van der Waals surface area contributed by atoms with Gasteiger partial charge in [0.25, 0.3) is 0 Å². The Morgan fingerprint density at radius 1 is 1.04 bits per heavy atom. The Kier molecular flexibility index (Phi) is 12.5. The molecule has 6 N–H and O–H groups in total. The fraction of sp³-hybridized carbons (Fsp3) is 0.424. The van der Waals surface area contributed by atoms with Crippen molar-refractivity contribution >= 4 is 27.6 Å². The molecule has 0 spiro atoms. The maximum Gasteiger partial charge on any atom is 0.249 e. The highest BCUT2D eigenvalue weighted by atomic mass is 32.2. The zero-order chi connectivity index (χ0) is 34.2. The van der Waals surface area contributed by atoms with Crippen molar-refractivity contribution in [3.8, 4) is 0 Å². The summed E-state index contributed by atoms with van der Waals surface area (Å²) in [5.41, 5.74) is 5.23. The van der Waals surface area contributed by atoms with Gasteiger partial charge in [-0.3, -0.25) is 14.4 Å². The molecule has 0 fully saturated rings. The second-order valence-corrected chi connectivity index (χ2v) is 13.2. The summed E-state index contributed by atoms with van der Waals surface area (Å²) >= 11 is 0. The number of primary amides is 1. The van der Waals surface area contributed by atoms with Gasteiger partial charge in [-0.05, 0) is 74.1 Å². The first-order valence-electron chi connectivity index (χ1n) is 15.1. The van der Waals surface area contributed by atoms with Crippen molar-refractivity contribution in [2.24, 2.45) is 22.2 Å². The molecule has 2 aromatic rings. The molecule has 1 aliphatic carbocycles. The van der Waals surface area contributed by atoms with Gasteiger partial charge < -0.3 is 21.1 Å². The summed E-state index contributed by atoms with van der Waals surface area (Å²) < 4.78 is 54.0. The molecule has 0 saturated heterocycles. The van der Waals surface area contributed by atoms with Crippen LogP contribution < -0.4 is 16.2 Å². The molecule has 13 heteroatoms. The van der Waals surface area contributed by atoms with E-state index >= 15 is 0 Å². The highest BCUT2D eigenvalue weighted by molar-refractivity contribution is 7.93. The number of primary sulfonamides is 1. The predicted octanol–water partition coefficient (Wildman–Crippen LogP) is 3.10. The van der Waals surface area contributed by atoms with Crippen LogP contribution in [0.1, 0.15) is 61.5 Å². The van der Waals surface area contributed by atoms with Crippen LogP contribution in [0.2, 0.25) is 0 Å². The summed E-state index contributed by atoms with van der Waals surface area (Å²) in [7, 11) is -4.50. The van der Waals surface area contributed by atoms with Gasteiger partial charge in [0.1, 0.15) is 11.6 Å². The number of carbonyl (C=O) groups is 3. The molecule has 2 amide bonds. The molecule has 10 nitrogen and oxygen atoms in total. The Morgan fingerprint density at radius 2 is 1.67 bits per heavy atom. The number of nitrogens with one attached hydrogen (secondary N) is 1. The van der Waals surface area contributed by atoms with E-state index in [1.165, 1.54) is 11.8 Å². The van der Waals surface area contributed by atoms with Crippen molar-refractivity contribution in [2.75, 3.05) is 19.6 Å². The minimum absolute atomic E-state index is 0.0520. The minimum atomic E-state index is -4.50. The Morgan fingerprint density at radius 3 is 2.22 bits per heavy atom. The van der Waals surface area contributed by atoms with E-state index in [1.807, 2.05) is 13.8 Å².